The van der Waals surface area contributed by atoms with Crippen molar-refractivity contribution in [2.24, 2.45) is 0 Å². The lowest BCUT2D eigenvalue weighted by Gasteiger charge is -2.14. The monoisotopic (exact) mass is 888 g/mol. The van der Waals surface area contributed by atoms with Crippen LogP contribution in [0.1, 0.15) is 120 Å². The van der Waals surface area contributed by atoms with Gasteiger partial charge in [-0.25, -0.2) is 4.79 Å². The summed E-state index contributed by atoms with van der Waals surface area (Å²) in [6.45, 7) is 10.9. The van der Waals surface area contributed by atoms with Gasteiger partial charge in [-0.05, 0) is 35.1 Å². The Morgan fingerprint density at radius 1 is 0.429 bits per heavy atom. The number of benzene rings is 2. The average Bonchev–Trinajstić information content (AvgIpc) is 3.62. The standard InChI is InChI=1S/C50H81NO12/c1-2-3-4-5-6-7-8-9-10-11-12-13-14-24-49(52)62-42-41-61-40-39-60-38-37-59-36-35-58-34-33-57-32-31-56-30-29-55-28-27-54-26-19-25-51-50(53)63-43-48-46-22-17-15-20-44(46)45-21-16-18-23-47(45)48/h15-18,20-23,48H,2-14,19,24-43H2,1H3,(H,51,53). The summed E-state index contributed by atoms with van der Waals surface area (Å²) in [6, 6.07) is 16.6. The van der Waals surface area contributed by atoms with E-state index in [1.165, 1.54) is 92.9 Å². The van der Waals surface area contributed by atoms with E-state index in [1.807, 2.05) is 24.3 Å². The lowest BCUT2D eigenvalue weighted by atomic mass is 9.98. The minimum atomic E-state index is -0.416. The summed E-state index contributed by atoms with van der Waals surface area (Å²) < 4.78 is 55.1. The van der Waals surface area contributed by atoms with Crippen molar-refractivity contribution in [1.29, 1.82) is 0 Å². The second kappa shape index (κ2) is 39.2. The summed E-state index contributed by atoms with van der Waals surface area (Å²) in [4.78, 5) is 24.2. The molecule has 1 N–H and O–H groups in total. The highest BCUT2D eigenvalue weighted by Crippen LogP contribution is 2.44. The Hall–Kier alpha value is -3.14. The van der Waals surface area contributed by atoms with Gasteiger partial charge in [0.2, 0.25) is 0 Å². The molecule has 0 aliphatic heterocycles. The molecule has 1 amide bonds. The second-order valence-corrected chi connectivity index (χ2v) is 15.7. The molecule has 2 aromatic carbocycles. The van der Waals surface area contributed by atoms with Crippen LogP contribution in [0.5, 0.6) is 0 Å². The van der Waals surface area contributed by atoms with Crippen LogP contribution in [0.4, 0.5) is 4.79 Å². The smallest absolute Gasteiger partial charge is 0.407 e. The number of carbonyl (C=O) groups is 2. The van der Waals surface area contributed by atoms with Gasteiger partial charge >= 0.3 is 12.1 Å². The summed E-state index contributed by atoms with van der Waals surface area (Å²) in [7, 11) is 0. The number of hydrogen-bond acceptors (Lipinski definition) is 12. The van der Waals surface area contributed by atoms with Crippen molar-refractivity contribution in [3.8, 4) is 11.1 Å². The predicted molar refractivity (Wildman–Crippen MR) is 246 cm³/mol. The lowest BCUT2D eigenvalue weighted by Crippen LogP contribution is -2.27. The van der Waals surface area contributed by atoms with Crippen LogP contribution < -0.4 is 5.32 Å². The minimum absolute atomic E-state index is 0.0476. The third-order valence-electron chi connectivity index (χ3n) is 10.7. The maximum Gasteiger partial charge on any atom is 0.407 e. The zero-order chi connectivity index (χ0) is 44.5. The van der Waals surface area contributed by atoms with Crippen molar-refractivity contribution in [2.75, 3.05) is 125 Å². The number of rotatable bonds is 44. The fourth-order valence-electron chi connectivity index (χ4n) is 7.23. The van der Waals surface area contributed by atoms with Crippen LogP contribution in [0.2, 0.25) is 0 Å². The van der Waals surface area contributed by atoms with Crippen LogP contribution in [0, 0.1) is 0 Å². The topological polar surface area (TPSA) is 138 Å². The van der Waals surface area contributed by atoms with Crippen molar-refractivity contribution in [1.82, 2.24) is 5.32 Å². The molecular weight excluding hydrogens is 807 g/mol. The molecule has 1 aliphatic carbocycles. The third-order valence-corrected chi connectivity index (χ3v) is 10.7. The van der Waals surface area contributed by atoms with E-state index in [0.717, 1.165) is 12.8 Å². The Labute approximate surface area is 378 Å². The molecule has 0 unspecified atom stereocenters. The molecule has 13 nitrogen and oxygen atoms in total. The fourth-order valence-corrected chi connectivity index (χ4v) is 7.23. The highest BCUT2D eigenvalue weighted by atomic mass is 16.6. The highest BCUT2D eigenvalue weighted by Gasteiger charge is 2.29. The van der Waals surface area contributed by atoms with E-state index in [0.29, 0.717) is 132 Å². The molecule has 0 heterocycles. The Kier molecular flexibility index (Phi) is 33.8. The molecule has 0 saturated carbocycles. The van der Waals surface area contributed by atoms with Crippen LogP contribution in [0.25, 0.3) is 11.1 Å². The molecule has 0 aromatic heterocycles. The normalized spacial score (nSPS) is 12.1. The molecule has 0 saturated heterocycles. The molecule has 0 spiro atoms. The summed E-state index contributed by atoms with van der Waals surface area (Å²) in [5.74, 6) is -0.0879. The fraction of sp³-hybridized carbons (Fsp3) is 0.720. The zero-order valence-electron chi connectivity index (χ0n) is 38.6. The van der Waals surface area contributed by atoms with Crippen molar-refractivity contribution in [3.05, 3.63) is 59.7 Å². The number of carbonyl (C=O) groups excluding carboxylic acids is 2. The van der Waals surface area contributed by atoms with E-state index >= 15 is 0 Å². The van der Waals surface area contributed by atoms with Crippen LogP contribution in [0.15, 0.2) is 48.5 Å². The van der Waals surface area contributed by atoms with E-state index in [4.69, 9.17) is 47.4 Å². The van der Waals surface area contributed by atoms with Crippen LogP contribution in [-0.4, -0.2) is 138 Å². The van der Waals surface area contributed by atoms with E-state index < -0.39 is 6.09 Å². The Balaban J connectivity index is 0.924. The van der Waals surface area contributed by atoms with Gasteiger partial charge in [0.25, 0.3) is 0 Å². The lowest BCUT2D eigenvalue weighted by molar-refractivity contribution is -0.145. The number of amides is 1. The van der Waals surface area contributed by atoms with E-state index in [-0.39, 0.29) is 18.5 Å². The highest BCUT2D eigenvalue weighted by molar-refractivity contribution is 5.79. The first-order chi connectivity index (χ1) is 31.2. The maximum absolute atomic E-state index is 12.3. The number of hydrogen-bond donors (Lipinski definition) is 1. The van der Waals surface area contributed by atoms with Gasteiger partial charge in [0.05, 0.1) is 99.1 Å². The first-order valence-corrected chi connectivity index (χ1v) is 24.1. The van der Waals surface area contributed by atoms with Gasteiger partial charge in [-0.15, -0.1) is 0 Å². The maximum atomic E-state index is 12.3. The summed E-state index contributed by atoms with van der Waals surface area (Å²) >= 11 is 0. The van der Waals surface area contributed by atoms with Crippen LogP contribution in [0.3, 0.4) is 0 Å². The summed E-state index contributed by atoms with van der Waals surface area (Å²) in [5.41, 5.74) is 4.81. The molecule has 0 atom stereocenters. The zero-order valence-corrected chi connectivity index (χ0v) is 38.6. The average molecular weight is 888 g/mol. The molecule has 1 aliphatic rings. The molecule has 2 aromatic rings. The van der Waals surface area contributed by atoms with Crippen LogP contribution in [-0.2, 0) is 52.2 Å². The Morgan fingerprint density at radius 3 is 1.22 bits per heavy atom. The van der Waals surface area contributed by atoms with Gasteiger partial charge in [-0.3, -0.25) is 4.79 Å². The number of esters is 1. The van der Waals surface area contributed by atoms with Gasteiger partial charge in [-0.2, -0.15) is 0 Å². The molecule has 358 valence electrons. The summed E-state index contributed by atoms with van der Waals surface area (Å²) in [5, 5.41) is 2.81. The number of unbranched alkanes of at least 4 members (excludes halogenated alkanes) is 12. The number of alkyl carbamates (subject to hydrolysis) is 1. The molecule has 0 bridgehead atoms. The number of ether oxygens (including phenoxy) is 10. The van der Waals surface area contributed by atoms with E-state index in [1.54, 1.807) is 0 Å². The van der Waals surface area contributed by atoms with Crippen LogP contribution >= 0.6 is 0 Å². The van der Waals surface area contributed by atoms with Gasteiger partial charge in [-0.1, -0.05) is 133 Å². The van der Waals surface area contributed by atoms with E-state index in [9.17, 15) is 9.59 Å². The number of nitrogens with one attached hydrogen (secondary N) is 1. The molecule has 0 fully saturated rings. The van der Waals surface area contributed by atoms with Gasteiger partial charge in [0, 0.05) is 25.5 Å². The minimum Gasteiger partial charge on any atom is -0.463 e. The Morgan fingerprint density at radius 2 is 0.794 bits per heavy atom. The number of fused-ring (bicyclic) bond motifs is 3. The quantitative estimate of drug-likeness (QED) is 0.0502. The van der Waals surface area contributed by atoms with Gasteiger partial charge in [0.15, 0.2) is 0 Å². The van der Waals surface area contributed by atoms with Crippen molar-refractivity contribution in [2.45, 2.75) is 109 Å². The SMILES string of the molecule is CCCCCCCCCCCCCCCC(=O)OCCOCCOCCOCCOCCOCCOCCOCCOCCCNC(=O)OCC1c2ccccc2-c2ccccc21. The molecule has 13 heteroatoms. The Bertz CT molecular complexity index is 1350. The second-order valence-electron chi connectivity index (χ2n) is 15.7. The van der Waals surface area contributed by atoms with E-state index in [2.05, 4.69) is 36.5 Å². The van der Waals surface area contributed by atoms with Gasteiger partial charge < -0.3 is 52.7 Å². The predicted octanol–water partition coefficient (Wildman–Crippen LogP) is 9.07. The van der Waals surface area contributed by atoms with Crippen molar-refractivity contribution >= 4 is 12.1 Å². The van der Waals surface area contributed by atoms with Gasteiger partial charge in [0.1, 0.15) is 13.2 Å². The molecule has 3 rings (SSSR count). The van der Waals surface area contributed by atoms with Crippen molar-refractivity contribution in [3.63, 3.8) is 0 Å². The first-order valence-electron chi connectivity index (χ1n) is 24.1. The molecule has 63 heavy (non-hydrogen) atoms. The van der Waals surface area contributed by atoms with Crippen molar-refractivity contribution < 1.29 is 57.0 Å². The molecular formula is C50H81NO12. The largest absolute Gasteiger partial charge is 0.463 e. The third kappa shape index (κ3) is 27.7. The first kappa shape index (κ1) is 54.2. The summed E-state index contributed by atoms with van der Waals surface area (Å²) in [6.07, 6.45) is 17.5. The molecule has 0 radical (unpaired) electrons.